The van der Waals surface area contributed by atoms with E-state index in [0.29, 0.717) is 31.7 Å². The van der Waals surface area contributed by atoms with E-state index in [1.807, 2.05) is 41.3 Å². The van der Waals surface area contributed by atoms with Gasteiger partial charge in [0.2, 0.25) is 11.8 Å². The summed E-state index contributed by atoms with van der Waals surface area (Å²) < 4.78 is 5.54. The van der Waals surface area contributed by atoms with Crippen LogP contribution in [0.5, 0.6) is 0 Å². The maximum absolute atomic E-state index is 12.7. The minimum Gasteiger partial charge on any atom is -0.361 e. The van der Waals surface area contributed by atoms with Crippen molar-refractivity contribution >= 4 is 11.8 Å². The van der Waals surface area contributed by atoms with Crippen molar-refractivity contribution in [3.63, 3.8) is 0 Å². The van der Waals surface area contributed by atoms with Crippen LogP contribution in [-0.4, -0.2) is 42.0 Å². The smallest absolute Gasteiger partial charge is 0.228 e. The molecule has 1 aliphatic heterocycles. The van der Waals surface area contributed by atoms with Crippen LogP contribution in [0, 0.1) is 11.3 Å². The van der Waals surface area contributed by atoms with E-state index in [1.165, 1.54) is 0 Å². The Morgan fingerprint density at radius 2 is 2.07 bits per heavy atom. The molecular weight excluding hydrogens is 342 g/mol. The highest BCUT2D eigenvalue weighted by atomic mass is 16.5. The molecule has 1 saturated carbocycles. The predicted molar refractivity (Wildman–Crippen MR) is 101 cm³/mol. The number of carbonyl (C=O) groups is 2. The second-order valence-electron chi connectivity index (χ2n) is 7.72. The zero-order valence-electron chi connectivity index (χ0n) is 15.6. The lowest BCUT2D eigenvalue weighted by Crippen LogP contribution is -2.45. The third kappa shape index (κ3) is 3.36. The summed E-state index contributed by atoms with van der Waals surface area (Å²) in [4.78, 5) is 27.2. The summed E-state index contributed by atoms with van der Waals surface area (Å²) in [5, 5.41) is 6.95. The quantitative estimate of drug-likeness (QED) is 0.881. The highest BCUT2D eigenvalue weighted by Gasteiger charge is 2.47. The molecule has 1 aromatic heterocycles. The van der Waals surface area contributed by atoms with Gasteiger partial charge < -0.3 is 14.7 Å². The molecule has 0 spiro atoms. The van der Waals surface area contributed by atoms with Crippen LogP contribution in [0.15, 0.2) is 40.9 Å². The molecule has 6 nitrogen and oxygen atoms in total. The van der Waals surface area contributed by atoms with Crippen molar-refractivity contribution in [2.24, 2.45) is 11.3 Å². The molecule has 27 heavy (non-hydrogen) atoms. The summed E-state index contributed by atoms with van der Waals surface area (Å²) in [5.41, 5.74) is 1.09. The van der Waals surface area contributed by atoms with E-state index in [0.717, 1.165) is 30.5 Å². The van der Waals surface area contributed by atoms with Gasteiger partial charge in [0.1, 0.15) is 11.5 Å². The van der Waals surface area contributed by atoms with Crippen LogP contribution < -0.4 is 5.32 Å². The standard InChI is InChI=1S/C21H25N3O3/c1-22-20(26)21(10-11-24(14-21)19(25)16-8-5-9-16)13-17-12-18(23-27-17)15-6-3-2-4-7-15/h2-4,6-7,12,16H,5,8-11,13-14H2,1H3,(H,22,26)/t21-/m0/s1. The first kappa shape index (κ1) is 17.8. The fraction of sp³-hybridized carbons (Fsp3) is 0.476. The molecule has 2 fully saturated rings. The number of hydrogen-bond acceptors (Lipinski definition) is 4. The van der Waals surface area contributed by atoms with Crippen molar-refractivity contribution in [2.75, 3.05) is 20.1 Å². The topological polar surface area (TPSA) is 75.4 Å². The van der Waals surface area contributed by atoms with E-state index in [-0.39, 0.29) is 17.7 Å². The van der Waals surface area contributed by atoms with Gasteiger partial charge in [0.15, 0.2) is 0 Å². The molecule has 4 rings (SSSR count). The van der Waals surface area contributed by atoms with E-state index in [2.05, 4.69) is 10.5 Å². The molecule has 0 unspecified atom stereocenters. The van der Waals surface area contributed by atoms with Gasteiger partial charge in [-0.25, -0.2) is 0 Å². The Morgan fingerprint density at radius 1 is 1.30 bits per heavy atom. The first-order chi connectivity index (χ1) is 13.1. The van der Waals surface area contributed by atoms with E-state index in [1.54, 1.807) is 7.05 Å². The Morgan fingerprint density at radius 3 is 2.74 bits per heavy atom. The third-order valence-corrected chi connectivity index (χ3v) is 5.97. The van der Waals surface area contributed by atoms with Gasteiger partial charge in [-0.15, -0.1) is 0 Å². The molecule has 2 amide bonds. The Balaban J connectivity index is 1.52. The molecule has 6 heteroatoms. The number of carbonyl (C=O) groups excluding carboxylic acids is 2. The lowest BCUT2D eigenvalue weighted by atomic mass is 9.81. The highest BCUT2D eigenvalue weighted by molar-refractivity contribution is 5.86. The Hall–Kier alpha value is -2.63. The maximum Gasteiger partial charge on any atom is 0.228 e. The lowest BCUT2D eigenvalue weighted by molar-refractivity contribution is -0.138. The molecule has 1 aromatic carbocycles. The Kier molecular flexibility index (Phi) is 4.72. The summed E-state index contributed by atoms with van der Waals surface area (Å²) in [6.45, 7) is 1.08. The fourth-order valence-electron chi connectivity index (χ4n) is 4.12. The summed E-state index contributed by atoms with van der Waals surface area (Å²) in [6.07, 6.45) is 4.17. The Bertz CT molecular complexity index is 828. The SMILES string of the molecule is CNC(=O)[C@]1(Cc2cc(-c3ccccc3)no2)CCN(C(=O)C2CCC2)C1. The Labute approximate surface area is 158 Å². The average Bonchev–Trinajstić information content (AvgIpc) is 3.29. The maximum atomic E-state index is 12.7. The number of hydrogen-bond donors (Lipinski definition) is 1. The third-order valence-electron chi connectivity index (χ3n) is 5.97. The normalized spacial score (nSPS) is 22.5. The minimum atomic E-state index is -0.651. The van der Waals surface area contributed by atoms with Gasteiger partial charge in [-0.05, 0) is 19.3 Å². The first-order valence-electron chi connectivity index (χ1n) is 9.63. The van der Waals surface area contributed by atoms with Crippen molar-refractivity contribution in [2.45, 2.75) is 32.1 Å². The molecular formula is C21H25N3O3. The van der Waals surface area contributed by atoms with E-state index in [9.17, 15) is 9.59 Å². The van der Waals surface area contributed by atoms with E-state index < -0.39 is 5.41 Å². The van der Waals surface area contributed by atoms with Gasteiger partial charge in [-0.3, -0.25) is 9.59 Å². The summed E-state index contributed by atoms with van der Waals surface area (Å²) in [6, 6.07) is 11.7. The molecule has 2 aliphatic rings. The zero-order valence-corrected chi connectivity index (χ0v) is 15.6. The second kappa shape index (κ2) is 7.18. The minimum absolute atomic E-state index is 0.0379. The number of aromatic nitrogens is 1. The van der Waals surface area contributed by atoms with Gasteiger partial charge in [0.25, 0.3) is 0 Å². The molecule has 0 bridgehead atoms. The van der Waals surface area contributed by atoms with Crippen molar-refractivity contribution in [3.8, 4) is 11.3 Å². The summed E-state index contributed by atoms with van der Waals surface area (Å²) >= 11 is 0. The summed E-state index contributed by atoms with van der Waals surface area (Å²) in [5.74, 6) is 0.995. The van der Waals surface area contributed by atoms with Gasteiger partial charge in [-0.1, -0.05) is 41.9 Å². The molecule has 0 radical (unpaired) electrons. The number of likely N-dealkylation sites (tertiary alicyclic amines) is 1. The van der Waals surface area contributed by atoms with E-state index >= 15 is 0 Å². The molecule has 2 heterocycles. The van der Waals surface area contributed by atoms with Crippen molar-refractivity contribution in [3.05, 3.63) is 42.2 Å². The zero-order chi connectivity index (χ0) is 18.9. The van der Waals surface area contributed by atoms with Crippen LogP contribution in [-0.2, 0) is 16.0 Å². The van der Waals surface area contributed by atoms with E-state index in [4.69, 9.17) is 4.52 Å². The van der Waals surface area contributed by atoms with Crippen LogP contribution >= 0.6 is 0 Å². The fourth-order valence-corrected chi connectivity index (χ4v) is 4.12. The average molecular weight is 367 g/mol. The molecule has 1 atom stereocenters. The number of nitrogens with one attached hydrogen (secondary N) is 1. The molecule has 1 N–H and O–H groups in total. The molecule has 1 saturated heterocycles. The number of rotatable bonds is 5. The number of amides is 2. The van der Waals surface area contributed by atoms with Crippen molar-refractivity contribution in [1.29, 1.82) is 0 Å². The monoisotopic (exact) mass is 367 g/mol. The highest BCUT2D eigenvalue weighted by Crippen LogP contribution is 2.38. The van der Waals surface area contributed by atoms with Crippen LogP contribution in [0.25, 0.3) is 11.3 Å². The van der Waals surface area contributed by atoms with Crippen LogP contribution in [0.1, 0.15) is 31.4 Å². The first-order valence-corrected chi connectivity index (χ1v) is 9.63. The molecule has 142 valence electrons. The van der Waals surface area contributed by atoms with Crippen molar-refractivity contribution < 1.29 is 14.1 Å². The molecule has 2 aromatic rings. The van der Waals surface area contributed by atoms with Gasteiger partial charge in [0, 0.05) is 44.1 Å². The number of benzene rings is 1. The largest absolute Gasteiger partial charge is 0.361 e. The lowest BCUT2D eigenvalue weighted by Gasteiger charge is -2.31. The predicted octanol–water partition coefficient (Wildman–Crippen LogP) is 2.65. The number of nitrogens with zero attached hydrogens (tertiary/aromatic N) is 2. The van der Waals surface area contributed by atoms with Crippen molar-refractivity contribution in [1.82, 2.24) is 15.4 Å². The van der Waals surface area contributed by atoms with Crippen LogP contribution in [0.4, 0.5) is 0 Å². The molecule has 1 aliphatic carbocycles. The van der Waals surface area contributed by atoms with Gasteiger partial charge >= 0.3 is 0 Å². The van der Waals surface area contributed by atoms with Gasteiger partial charge in [-0.2, -0.15) is 0 Å². The second-order valence-corrected chi connectivity index (χ2v) is 7.72. The summed E-state index contributed by atoms with van der Waals surface area (Å²) in [7, 11) is 1.65. The van der Waals surface area contributed by atoms with Crippen LogP contribution in [0.2, 0.25) is 0 Å². The van der Waals surface area contributed by atoms with Gasteiger partial charge in [0.05, 0.1) is 5.41 Å². The van der Waals surface area contributed by atoms with Crippen LogP contribution in [0.3, 0.4) is 0 Å².